The normalized spacial score (nSPS) is 12.5. The lowest BCUT2D eigenvalue weighted by Gasteiger charge is -2.32. The third kappa shape index (κ3) is 11.9. The van der Waals surface area contributed by atoms with Crippen LogP contribution in [0.3, 0.4) is 0 Å². The Kier molecular flexibility index (Phi) is 14.5. The van der Waals surface area contributed by atoms with E-state index in [2.05, 4.69) is 101 Å². The number of ether oxygens (including phenoxy) is 1. The molecule has 0 saturated carbocycles. The fraction of sp³-hybridized carbons (Fsp3) is 0.432. The van der Waals surface area contributed by atoms with E-state index in [0.717, 1.165) is 35.3 Å². The molecule has 0 aliphatic rings. The molecule has 4 aromatic rings. The number of rotatable bonds is 20. The first-order chi connectivity index (χ1) is 23.5. The van der Waals surface area contributed by atoms with E-state index in [-0.39, 0.29) is 5.92 Å². The molecule has 0 aliphatic carbocycles. The molecule has 49 heavy (non-hydrogen) atoms. The molecule has 3 nitrogen and oxygen atoms in total. The van der Waals surface area contributed by atoms with E-state index in [1.54, 1.807) is 11.3 Å². The number of unbranched alkanes of at least 4 members (excludes halogenated alkanes) is 6. The molecular formula is C44H60O3Si2. The summed E-state index contributed by atoms with van der Waals surface area (Å²) in [7, 11) is -2.66. The summed E-state index contributed by atoms with van der Waals surface area (Å²) < 4.78 is 5.98. The number of aromatic carboxylic acids is 1. The molecule has 1 unspecified atom stereocenters. The number of hydrogen-bond donors (Lipinski definition) is 1. The molecule has 0 radical (unpaired) electrons. The van der Waals surface area contributed by atoms with E-state index in [1.807, 2.05) is 30.3 Å². The highest BCUT2D eigenvalue weighted by Crippen LogP contribution is 2.33. The number of benzene rings is 4. The van der Waals surface area contributed by atoms with Gasteiger partial charge in [-0.2, -0.15) is 0 Å². The molecule has 5 heteroatoms. The maximum atomic E-state index is 12.2. The predicted molar refractivity (Wildman–Crippen MR) is 215 cm³/mol. The number of carboxylic acids is 1. The first-order valence-corrected chi connectivity index (χ1v) is 25.4. The number of hydrogen-bond acceptors (Lipinski definition) is 2. The van der Waals surface area contributed by atoms with Gasteiger partial charge in [0.2, 0.25) is 0 Å². The Morgan fingerprint density at radius 2 is 1.39 bits per heavy atom. The fourth-order valence-corrected chi connectivity index (χ4v) is 20.8. The maximum absolute atomic E-state index is 12.2. The van der Waals surface area contributed by atoms with Gasteiger partial charge in [-0.15, -0.1) is 0 Å². The predicted octanol–water partition coefficient (Wildman–Crippen LogP) is 12.1. The molecule has 0 heterocycles. The van der Waals surface area contributed by atoms with Crippen LogP contribution in [0.2, 0.25) is 37.9 Å². The van der Waals surface area contributed by atoms with Gasteiger partial charge < -0.3 is 9.84 Å². The molecule has 0 aliphatic heterocycles. The van der Waals surface area contributed by atoms with Crippen molar-refractivity contribution in [2.75, 3.05) is 6.61 Å². The van der Waals surface area contributed by atoms with Gasteiger partial charge in [-0.3, -0.25) is 0 Å². The summed E-state index contributed by atoms with van der Waals surface area (Å²) in [6.45, 7) is 15.4. The van der Waals surface area contributed by atoms with E-state index >= 15 is 0 Å². The minimum Gasteiger partial charge on any atom is -0.494 e. The third-order valence-corrected chi connectivity index (χ3v) is 21.2. The van der Waals surface area contributed by atoms with Crippen molar-refractivity contribution < 1.29 is 14.6 Å². The van der Waals surface area contributed by atoms with Crippen molar-refractivity contribution in [2.24, 2.45) is 0 Å². The molecule has 0 spiro atoms. The van der Waals surface area contributed by atoms with Gasteiger partial charge in [-0.25, -0.2) is 4.79 Å². The Morgan fingerprint density at radius 1 is 0.735 bits per heavy atom. The van der Waals surface area contributed by atoms with E-state index < -0.39 is 22.1 Å². The SMILES string of the molecule is CCCCCCCCOc1ccc(-c2cc(C(C)c3ccc(CCCC[Si](C)(C)C[Si](C)(C)c4ccccc4)cc3)ccc2C(=O)O)cc1. The highest BCUT2D eigenvalue weighted by Gasteiger charge is 2.32. The van der Waals surface area contributed by atoms with Crippen molar-refractivity contribution in [3.8, 4) is 16.9 Å². The topological polar surface area (TPSA) is 46.5 Å². The zero-order valence-corrected chi connectivity index (χ0v) is 33.1. The highest BCUT2D eigenvalue weighted by atomic mass is 28.4. The third-order valence-electron chi connectivity index (χ3n) is 10.2. The van der Waals surface area contributed by atoms with E-state index in [0.29, 0.717) is 12.2 Å². The molecule has 0 bridgehead atoms. The van der Waals surface area contributed by atoms with Crippen LogP contribution < -0.4 is 9.92 Å². The summed E-state index contributed by atoms with van der Waals surface area (Å²) in [4.78, 5) is 12.2. The smallest absolute Gasteiger partial charge is 0.336 e. The van der Waals surface area contributed by atoms with Gasteiger partial charge in [0.1, 0.15) is 5.75 Å². The van der Waals surface area contributed by atoms with Crippen molar-refractivity contribution in [3.05, 3.63) is 119 Å². The first-order valence-electron chi connectivity index (χ1n) is 18.7. The lowest BCUT2D eigenvalue weighted by atomic mass is 9.88. The van der Waals surface area contributed by atoms with Crippen LogP contribution in [-0.2, 0) is 6.42 Å². The Bertz CT molecular complexity index is 1580. The van der Waals surface area contributed by atoms with Gasteiger partial charge in [0.05, 0.1) is 20.2 Å². The Morgan fingerprint density at radius 3 is 2.06 bits per heavy atom. The summed E-state index contributed by atoms with van der Waals surface area (Å²) in [5.74, 6) is 0.0766. The van der Waals surface area contributed by atoms with Gasteiger partial charge >= 0.3 is 5.97 Å². The zero-order chi connectivity index (χ0) is 35.3. The molecule has 0 amide bonds. The van der Waals surface area contributed by atoms with E-state index in [1.165, 1.54) is 67.8 Å². The van der Waals surface area contributed by atoms with Crippen LogP contribution in [-0.4, -0.2) is 33.8 Å². The van der Waals surface area contributed by atoms with Gasteiger partial charge in [0.15, 0.2) is 0 Å². The Hall–Kier alpha value is -3.42. The first kappa shape index (κ1) is 38.4. The number of carbonyl (C=O) groups is 1. The molecule has 0 fully saturated rings. The van der Waals surface area contributed by atoms with Gasteiger partial charge in [-0.1, -0.05) is 168 Å². The van der Waals surface area contributed by atoms with Crippen LogP contribution in [0, 0.1) is 0 Å². The second kappa shape index (κ2) is 18.5. The summed E-state index contributed by atoms with van der Waals surface area (Å²) in [5, 5.41) is 11.6. The zero-order valence-electron chi connectivity index (χ0n) is 31.1. The molecule has 4 rings (SSSR count). The quantitative estimate of drug-likeness (QED) is 0.0741. The van der Waals surface area contributed by atoms with Crippen LogP contribution >= 0.6 is 0 Å². The molecule has 0 aromatic heterocycles. The van der Waals surface area contributed by atoms with Gasteiger partial charge in [-0.05, 0) is 71.3 Å². The molecule has 1 N–H and O–H groups in total. The Balaban J connectivity index is 1.32. The molecule has 0 saturated heterocycles. The second-order valence-corrected chi connectivity index (χ2v) is 26.1. The van der Waals surface area contributed by atoms with Crippen LogP contribution in [0.5, 0.6) is 5.75 Å². The van der Waals surface area contributed by atoms with E-state index in [4.69, 9.17) is 4.74 Å². The lowest BCUT2D eigenvalue weighted by Crippen LogP contribution is -2.48. The van der Waals surface area contributed by atoms with Crippen molar-refractivity contribution in [2.45, 2.75) is 115 Å². The van der Waals surface area contributed by atoms with Crippen molar-refractivity contribution in [1.82, 2.24) is 0 Å². The summed E-state index contributed by atoms with van der Waals surface area (Å²) in [6.07, 6.45) is 11.1. The maximum Gasteiger partial charge on any atom is 0.336 e. The Labute approximate surface area is 299 Å². The molecule has 4 aromatic carbocycles. The van der Waals surface area contributed by atoms with E-state index in [9.17, 15) is 9.90 Å². The minimum absolute atomic E-state index is 0.152. The molecular weight excluding hydrogens is 633 g/mol. The van der Waals surface area contributed by atoms with Crippen molar-refractivity contribution >= 4 is 27.3 Å². The van der Waals surface area contributed by atoms with Crippen LogP contribution in [0.25, 0.3) is 11.1 Å². The van der Waals surface area contributed by atoms with Gasteiger partial charge in [0.25, 0.3) is 0 Å². The average molecular weight is 693 g/mol. The lowest BCUT2D eigenvalue weighted by molar-refractivity contribution is 0.0697. The molecule has 262 valence electrons. The second-order valence-electron chi connectivity index (χ2n) is 15.5. The van der Waals surface area contributed by atoms with Gasteiger partial charge in [0, 0.05) is 14.0 Å². The summed E-state index contributed by atoms with van der Waals surface area (Å²) in [5.41, 5.74) is 7.18. The minimum atomic E-state index is -1.40. The largest absolute Gasteiger partial charge is 0.494 e. The fourth-order valence-electron chi connectivity index (χ4n) is 7.43. The number of carboxylic acid groups (broad SMARTS) is 1. The number of aryl methyl sites for hydroxylation is 1. The van der Waals surface area contributed by atoms with Crippen molar-refractivity contribution in [1.29, 1.82) is 0 Å². The van der Waals surface area contributed by atoms with Crippen molar-refractivity contribution in [3.63, 3.8) is 0 Å². The average Bonchev–Trinajstić information content (AvgIpc) is 3.09. The standard InChI is InChI=1S/C44H60O3Si2/c1-7-8-9-10-11-16-31-47-40-28-25-38(26-29-40)43-33-39(27-30-42(43)44(45)46)35(2)37-23-21-36(22-24-37)18-15-17-32-48(3,4)34-49(5,6)41-19-13-12-14-20-41/h12-14,19-30,33,35H,7-11,15-18,31-32,34H2,1-6H3,(H,45,46). The monoisotopic (exact) mass is 692 g/mol. The van der Waals surface area contributed by atoms with Crippen LogP contribution in [0.1, 0.15) is 98.2 Å². The molecule has 1 atom stereocenters. The summed E-state index contributed by atoms with van der Waals surface area (Å²) >= 11 is 0. The van der Waals surface area contributed by atoms with Crippen LogP contribution in [0.15, 0.2) is 97.1 Å². The van der Waals surface area contributed by atoms with Crippen LogP contribution in [0.4, 0.5) is 0 Å². The highest BCUT2D eigenvalue weighted by molar-refractivity contribution is 7.01. The summed E-state index contributed by atoms with van der Waals surface area (Å²) in [6, 6.07) is 35.4.